The van der Waals surface area contributed by atoms with Gasteiger partial charge < -0.3 is 20.5 Å². The van der Waals surface area contributed by atoms with Gasteiger partial charge in [-0.1, -0.05) is 6.07 Å². The van der Waals surface area contributed by atoms with E-state index in [1.54, 1.807) is 12.1 Å². The van der Waals surface area contributed by atoms with Crippen LogP contribution in [-0.2, 0) is 12.7 Å². The van der Waals surface area contributed by atoms with Crippen molar-refractivity contribution in [3.63, 3.8) is 0 Å². The van der Waals surface area contributed by atoms with E-state index in [0.717, 1.165) is 12.1 Å². The fraction of sp³-hybridized carbons (Fsp3) is 0.222. The third-order valence-corrected chi connectivity index (χ3v) is 4.04. The van der Waals surface area contributed by atoms with Crippen molar-refractivity contribution in [3.05, 3.63) is 47.3 Å². The Kier molecular flexibility index (Phi) is 5.12. The van der Waals surface area contributed by atoms with E-state index in [4.69, 9.17) is 15.2 Å². The molecule has 28 heavy (non-hydrogen) atoms. The average molecular weight is 396 g/mol. The minimum Gasteiger partial charge on any atom is -0.493 e. The zero-order valence-corrected chi connectivity index (χ0v) is 14.9. The zero-order chi connectivity index (χ0) is 20.5. The molecule has 0 saturated heterocycles. The number of halogens is 4. The molecule has 0 unspecified atom stereocenters. The van der Waals surface area contributed by atoms with Crippen LogP contribution in [-0.4, -0.2) is 24.2 Å². The number of hydrogen-bond donors (Lipinski definition) is 2. The number of nitrogen functional groups attached to an aromatic ring is 1. The highest BCUT2D eigenvalue weighted by Crippen LogP contribution is 2.35. The van der Waals surface area contributed by atoms with Gasteiger partial charge in [0.05, 0.1) is 25.3 Å². The molecule has 0 aliphatic heterocycles. The summed E-state index contributed by atoms with van der Waals surface area (Å²) in [5.74, 6) is 0.0191. The zero-order valence-electron chi connectivity index (χ0n) is 14.9. The summed E-state index contributed by atoms with van der Waals surface area (Å²) < 4.78 is 63.0. The third kappa shape index (κ3) is 3.85. The van der Waals surface area contributed by atoms with E-state index < -0.39 is 17.6 Å². The molecule has 148 valence electrons. The topological polar surface area (TPSA) is 82.3 Å². The molecule has 0 amide bonds. The molecule has 0 spiro atoms. The molecule has 0 radical (unpaired) electrons. The van der Waals surface area contributed by atoms with Crippen molar-refractivity contribution >= 4 is 22.7 Å². The van der Waals surface area contributed by atoms with E-state index in [1.165, 1.54) is 14.2 Å². The van der Waals surface area contributed by atoms with Gasteiger partial charge in [0.15, 0.2) is 11.5 Å². The fourth-order valence-corrected chi connectivity index (χ4v) is 2.70. The van der Waals surface area contributed by atoms with Crippen LogP contribution in [0.15, 0.2) is 30.3 Å². The van der Waals surface area contributed by atoms with Crippen LogP contribution in [0.5, 0.6) is 11.5 Å². The van der Waals surface area contributed by atoms with E-state index >= 15 is 0 Å². The van der Waals surface area contributed by atoms with Crippen molar-refractivity contribution in [2.45, 2.75) is 12.7 Å². The number of nitrogens with two attached hydrogens (primary N) is 1. The summed E-state index contributed by atoms with van der Waals surface area (Å²) in [7, 11) is 2.93. The van der Waals surface area contributed by atoms with Gasteiger partial charge in [-0.05, 0) is 23.8 Å². The Morgan fingerprint density at radius 1 is 1.04 bits per heavy atom. The number of alkyl halides is 3. The van der Waals surface area contributed by atoms with Crippen molar-refractivity contribution < 1.29 is 27.0 Å². The first-order valence-electron chi connectivity index (χ1n) is 8.01. The number of nitrogens with one attached hydrogen (secondary N) is 1. The minimum atomic E-state index is -4.69. The van der Waals surface area contributed by atoms with Gasteiger partial charge >= 0.3 is 6.18 Å². The number of hydrogen-bond acceptors (Lipinski definition) is 6. The first-order chi connectivity index (χ1) is 13.2. The van der Waals surface area contributed by atoms with Crippen LogP contribution in [0.1, 0.15) is 11.1 Å². The maximum Gasteiger partial charge on any atom is 0.416 e. The van der Waals surface area contributed by atoms with Crippen LogP contribution >= 0.6 is 0 Å². The van der Waals surface area contributed by atoms with E-state index in [0.29, 0.717) is 28.5 Å². The molecule has 0 atom stereocenters. The first kappa shape index (κ1) is 19.5. The second-order valence-electron chi connectivity index (χ2n) is 5.81. The second kappa shape index (κ2) is 7.37. The van der Waals surface area contributed by atoms with Crippen LogP contribution in [0.25, 0.3) is 10.9 Å². The molecule has 0 aliphatic carbocycles. The third-order valence-electron chi connectivity index (χ3n) is 4.04. The molecular weight excluding hydrogens is 380 g/mol. The normalized spacial score (nSPS) is 11.5. The lowest BCUT2D eigenvalue weighted by Gasteiger charge is -2.14. The lowest BCUT2D eigenvalue weighted by molar-refractivity contribution is -0.138. The molecule has 10 heteroatoms. The van der Waals surface area contributed by atoms with Gasteiger partial charge in [0.25, 0.3) is 0 Å². The van der Waals surface area contributed by atoms with E-state index in [-0.39, 0.29) is 23.9 Å². The Bertz CT molecular complexity index is 1020. The molecule has 0 bridgehead atoms. The largest absolute Gasteiger partial charge is 0.493 e. The molecular formula is C18H16F4N4O2. The van der Waals surface area contributed by atoms with Crippen LogP contribution in [0.4, 0.5) is 29.3 Å². The standard InChI is InChI=1S/C18H16F4N4O2/c1-27-14-6-11-13(7-15(14)28-2)25-17(26-16(11)23)24-8-9-3-4-10(19)5-12(9)18(20,21)22/h3-7H,8H2,1-2H3,(H3,23,24,25,26). The average Bonchev–Trinajstić information content (AvgIpc) is 2.65. The number of benzene rings is 2. The maximum atomic E-state index is 13.2. The van der Waals surface area contributed by atoms with Crippen molar-refractivity contribution in [2.75, 3.05) is 25.3 Å². The summed E-state index contributed by atoms with van der Waals surface area (Å²) in [4.78, 5) is 8.31. The molecule has 1 aromatic heterocycles. The SMILES string of the molecule is COc1cc2nc(NCc3ccc(F)cc3C(F)(F)F)nc(N)c2cc1OC. The summed E-state index contributed by atoms with van der Waals surface area (Å²) in [5.41, 5.74) is 5.14. The van der Waals surface area contributed by atoms with Gasteiger partial charge in [-0.25, -0.2) is 9.37 Å². The molecule has 3 aromatic rings. The Hall–Kier alpha value is -3.30. The van der Waals surface area contributed by atoms with E-state index in [9.17, 15) is 17.6 Å². The van der Waals surface area contributed by atoms with Crippen molar-refractivity contribution in [1.29, 1.82) is 0 Å². The predicted molar refractivity (Wildman–Crippen MR) is 95.8 cm³/mol. The lowest BCUT2D eigenvalue weighted by Crippen LogP contribution is -2.13. The number of ether oxygens (including phenoxy) is 2. The van der Waals surface area contributed by atoms with Crippen LogP contribution in [0.2, 0.25) is 0 Å². The number of rotatable bonds is 5. The van der Waals surface area contributed by atoms with Crippen molar-refractivity contribution in [3.8, 4) is 11.5 Å². The molecule has 6 nitrogen and oxygen atoms in total. The molecule has 0 aliphatic rings. The summed E-state index contributed by atoms with van der Waals surface area (Å²) in [5, 5.41) is 3.20. The maximum absolute atomic E-state index is 13.2. The van der Waals surface area contributed by atoms with Gasteiger partial charge in [0.2, 0.25) is 5.95 Å². The van der Waals surface area contributed by atoms with Crippen molar-refractivity contribution in [1.82, 2.24) is 9.97 Å². The molecule has 0 fully saturated rings. The minimum absolute atomic E-state index is 0.0228. The quantitative estimate of drug-likeness (QED) is 0.635. The van der Waals surface area contributed by atoms with Crippen LogP contribution in [0.3, 0.4) is 0 Å². The monoisotopic (exact) mass is 396 g/mol. The van der Waals surface area contributed by atoms with E-state index in [2.05, 4.69) is 15.3 Å². The Balaban J connectivity index is 1.94. The summed E-state index contributed by atoms with van der Waals surface area (Å²) in [6.45, 7) is -0.270. The molecule has 2 aromatic carbocycles. The van der Waals surface area contributed by atoms with Gasteiger partial charge in [-0.2, -0.15) is 18.2 Å². The van der Waals surface area contributed by atoms with Crippen LogP contribution < -0.4 is 20.5 Å². The number of aromatic nitrogens is 2. The second-order valence-corrected chi connectivity index (χ2v) is 5.81. The van der Waals surface area contributed by atoms with Gasteiger partial charge in [0.1, 0.15) is 11.6 Å². The van der Waals surface area contributed by atoms with Crippen molar-refractivity contribution in [2.24, 2.45) is 0 Å². The highest BCUT2D eigenvalue weighted by molar-refractivity contribution is 5.91. The highest BCUT2D eigenvalue weighted by Gasteiger charge is 2.33. The molecule has 1 heterocycles. The summed E-state index contributed by atoms with van der Waals surface area (Å²) in [6, 6.07) is 5.65. The number of nitrogens with zero attached hydrogens (tertiary/aromatic N) is 2. The Morgan fingerprint density at radius 2 is 1.71 bits per heavy atom. The lowest BCUT2D eigenvalue weighted by atomic mass is 10.1. The summed E-state index contributed by atoms with van der Waals surface area (Å²) >= 11 is 0. The number of fused-ring (bicyclic) bond motifs is 1. The fourth-order valence-electron chi connectivity index (χ4n) is 2.70. The van der Waals surface area contributed by atoms with Gasteiger partial charge in [-0.15, -0.1) is 0 Å². The Labute approximate surface area is 157 Å². The number of anilines is 2. The molecule has 3 rings (SSSR count). The molecule has 0 saturated carbocycles. The van der Waals surface area contributed by atoms with Gasteiger partial charge in [0, 0.05) is 18.0 Å². The van der Waals surface area contributed by atoms with Gasteiger partial charge in [-0.3, -0.25) is 0 Å². The number of methoxy groups -OCH3 is 2. The molecule has 3 N–H and O–H groups in total. The van der Waals surface area contributed by atoms with E-state index in [1.807, 2.05) is 0 Å². The summed E-state index contributed by atoms with van der Waals surface area (Å²) in [6.07, 6.45) is -4.69. The highest BCUT2D eigenvalue weighted by atomic mass is 19.4. The first-order valence-corrected chi connectivity index (χ1v) is 8.01. The smallest absolute Gasteiger partial charge is 0.416 e. The predicted octanol–water partition coefficient (Wildman–Crippen LogP) is 4.00. The van der Waals surface area contributed by atoms with Crippen LogP contribution in [0, 0.1) is 5.82 Å². The Morgan fingerprint density at radius 3 is 2.36 bits per heavy atom.